The number of halogens is 4. The summed E-state index contributed by atoms with van der Waals surface area (Å²) in [5.74, 6) is -1.82. The highest BCUT2D eigenvalue weighted by Crippen LogP contribution is 2.23. The van der Waals surface area contributed by atoms with Gasteiger partial charge in [-0.1, -0.05) is 23.2 Å². The number of hydrogen-bond donors (Lipinski definition) is 0. The highest BCUT2D eigenvalue weighted by atomic mass is 35.5. The van der Waals surface area contributed by atoms with Crippen molar-refractivity contribution in [2.75, 3.05) is 0 Å². The smallest absolute Gasteiger partial charge is 0.146 e. The van der Waals surface area contributed by atoms with Gasteiger partial charge in [-0.15, -0.1) is 0 Å². The Hall–Kier alpha value is -0.275. The van der Waals surface area contributed by atoms with Gasteiger partial charge in [-0.2, -0.15) is 0 Å². The zero-order chi connectivity index (χ0) is 8.59. The molecule has 0 amide bonds. The van der Waals surface area contributed by atoms with Crippen LogP contribution < -0.4 is 5.46 Å². The van der Waals surface area contributed by atoms with Crippen LogP contribution >= 0.6 is 23.2 Å². The molecule has 1 rings (SSSR count). The molecule has 1 aromatic rings. The number of hydrogen-bond acceptors (Lipinski definition) is 0. The van der Waals surface area contributed by atoms with E-state index in [0.717, 1.165) is 0 Å². The first kappa shape index (κ1) is 8.82. The van der Waals surface area contributed by atoms with Crippen molar-refractivity contribution in [1.82, 2.24) is 0 Å². The molecule has 0 nitrogen and oxygen atoms in total. The second-order valence-electron chi connectivity index (χ2n) is 1.88. The minimum atomic E-state index is -0.914. The van der Waals surface area contributed by atoms with E-state index in [-0.39, 0.29) is 15.5 Å². The maximum absolute atomic E-state index is 12.5. The first-order chi connectivity index (χ1) is 5.04. The van der Waals surface area contributed by atoms with E-state index in [1.54, 1.807) is 0 Å². The molecule has 0 heterocycles. The van der Waals surface area contributed by atoms with Crippen molar-refractivity contribution >= 4 is 36.5 Å². The van der Waals surface area contributed by atoms with E-state index in [2.05, 4.69) is 0 Å². The lowest BCUT2D eigenvalue weighted by atomic mass is 9.95. The largest absolute Gasteiger partial charge is 0.207 e. The van der Waals surface area contributed by atoms with E-state index in [4.69, 9.17) is 31.0 Å². The van der Waals surface area contributed by atoms with Crippen LogP contribution in [0.5, 0.6) is 0 Å². The number of benzene rings is 1. The summed E-state index contributed by atoms with van der Waals surface area (Å²) in [6.07, 6.45) is 0. The Kier molecular flexibility index (Phi) is 2.40. The lowest BCUT2D eigenvalue weighted by Crippen LogP contribution is -2.11. The third-order valence-electron chi connectivity index (χ3n) is 1.15. The molecule has 0 aliphatic heterocycles. The summed E-state index contributed by atoms with van der Waals surface area (Å²) in [7, 11) is 5.09. The molecular weight excluding hydrogens is 192 g/mol. The fraction of sp³-hybridized carbons (Fsp3) is 0. The van der Waals surface area contributed by atoms with E-state index >= 15 is 0 Å². The molecule has 1 aromatic carbocycles. The van der Waals surface area contributed by atoms with Crippen LogP contribution in [-0.2, 0) is 0 Å². The lowest BCUT2D eigenvalue weighted by Gasteiger charge is -2.02. The molecule has 11 heavy (non-hydrogen) atoms. The van der Waals surface area contributed by atoms with Crippen molar-refractivity contribution in [3.05, 3.63) is 27.7 Å². The molecule has 0 spiro atoms. The second kappa shape index (κ2) is 2.99. The minimum absolute atomic E-state index is 0.288. The summed E-state index contributed by atoms with van der Waals surface area (Å²) in [6, 6.07) is 0.587. The molecular formula is C6HBCl2F2. The maximum Gasteiger partial charge on any atom is 0.146 e. The van der Waals surface area contributed by atoms with Crippen LogP contribution in [-0.4, -0.2) is 7.85 Å². The van der Waals surface area contributed by atoms with E-state index in [0.29, 0.717) is 6.07 Å². The lowest BCUT2D eigenvalue weighted by molar-refractivity contribution is 0.589. The SMILES string of the molecule is [B]c1c(F)cc(F)c(Cl)c1Cl. The van der Waals surface area contributed by atoms with Crippen LogP contribution in [0.1, 0.15) is 0 Å². The maximum atomic E-state index is 12.5. The zero-order valence-electron chi connectivity index (χ0n) is 5.17. The molecule has 0 unspecified atom stereocenters. The normalized spacial score (nSPS) is 10.2. The molecule has 0 aromatic heterocycles. The standard InChI is InChI=1S/C6HBCl2F2/c7-4-2(10)1-3(11)5(8)6(4)9/h1H. The Morgan fingerprint density at radius 2 is 1.64 bits per heavy atom. The summed E-state index contributed by atoms with van der Waals surface area (Å²) >= 11 is 10.7. The van der Waals surface area contributed by atoms with Crippen molar-refractivity contribution in [3.8, 4) is 0 Å². The second-order valence-corrected chi connectivity index (χ2v) is 2.64. The Morgan fingerprint density at radius 3 is 2.18 bits per heavy atom. The Balaban J connectivity index is 3.46. The van der Waals surface area contributed by atoms with Gasteiger partial charge in [0, 0.05) is 6.07 Å². The van der Waals surface area contributed by atoms with Gasteiger partial charge in [-0.3, -0.25) is 0 Å². The molecule has 56 valence electrons. The van der Waals surface area contributed by atoms with E-state index in [9.17, 15) is 8.78 Å². The predicted molar refractivity (Wildman–Crippen MR) is 41.8 cm³/mol. The zero-order valence-corrected chi connectivity index (χ0v) is 6.68. The van der Waals surface area contributed by atoms with Gasteiger partial charge in [0.05, 0.1) is 10.0 Å². The van der Waals surface area contributed by atoms with E-state index in [1.807, 2.05) is 0 Å². The van der Waals surface area contributed by atoms with Crippen LogP contribution in [0.3, 0.4) is 0 Å². The highest BCUT2D eigenvalue weighted by molar-refractivity contribution is 6.50. The van der Waals surface area contributed by atoms with Gasteiger partial charge in [0.2, 0.25) is 0 Å². The van der Waals surface area contributed by atoms with Crippen molar-refractivity contribution in [2.45, 2.75) is 0 Å². The third kappa shape index (κ3) is 1.49. The van der Waals surface area contributed by atoms with E-state index in [1.165, 1.54) is 0 Å². The summed E-state index contributed by atoms with van der Waals surface area (Å²) in [5.41, 5.74) is -0.335. The van der Waals surface area contributed by atoms with Crippen LogP contribution in [0.2, 0.25) is 10.0 Å². The average molecular weight is 193 g/mol. The molecule has 0 saturated carbocycles. The van der Waals surface area contributed by atoms with Crippen LogP contribution in [0.25, 0.3) is 0 Å². The summed E-state index contributed by atoms with van der Waals surface area (Å²) in [4.78, 5) is 0. The van der Waals surface area contributed by atoms with Crippen molar-refractivity contribution in [2.24, 2.45) is 0 Å². The molecule has 0 fully saturated rings. The van der Waals surface area contributed by atoms with Crippen molar-refractivity contribution < 1.29 is 8.78 Å². The molecule has 0 saturated heterocycles. The van der Waals surface area contributed by atoms with Gasteiger partial charge in [-0.25, -0.2) is 8.78 Å². The van der Waals surface area contributed by atoms with Crippen LogP contribution in [0.4, 0.5) is 8.78 Å². The Labute approximate surface area is 73.5 Å². The van der Waals surface area contributed by atoms with Gasteiger partial charge in [0.25, 0.3) is 0 Å². The van der Waals surface area contributed by atoms with Gasteiger partial charge < -0.3 is 0 Å². The molecule has 2 radical (unpaired) electrons. The van der Waals surface area contributed by atoms with Crippen LogP contribution in [0, 0.1) is 11.6 Å². The molecule has 0 N–H and O–H groups in total. The van der Waals surface area contributed by atoms with Gasteiger partial charge in [-0.05, 0) is 5.46 Å². The molecule has 0 aliphatic carbocycles. The number of rotatable bonds is 0. The fourth-order valence-electron chi connectivity index (χ4n) is 0.580. The molecule has 0 aliphatic rings. The highest BCUT2D eigenvalue weighted by Gasteiger charge is 2.11. The van der Waals surface area contributed by atoms with Gasteiger partial charge in [0.15, 0.2) is 0 Å². The van der Waals surface area contributed by atoms with Crippen LogP contribution in [0.15, 0.2) is 6.07 Å². The predicted octanol–water partition coefficient (Wildman–Crippen LogP) is 2.07. The molecule has 0 bridgehead atoms. The summed E-state index contributed by atoms with van der Waals surface area (Å²) in [5, 5.41) is -0.644. The fourth-order valence-corrected chi connectivity index (χ4v) is 0.917. The monoisotopic (exact) mass is 192 g/mol. The summed E-state index contributed by atoms with van der Waals surface area (Å²) < 4.78 is 25.0. The topological polar surface area (TPSA) is 0 Å². The summed E-state index contributed by atoms with van der Waals surface area (Å²) in [6.45, 7) is 0. The van der Waals surface area contributed by atoms with Crippen molar-refractivity contribution in [1.29, 1.82) is 0 Å². The Bertz CT molecular complexity index is 275. The van der Waals surface area contributed by atoms with Crippen molar-refractivity contribution in [3.63, 3.8) is 0 Å². The average Bonchev–Trinajstić information content (AvgIpc) is 1.97. The minimum Gasteiger partial charge on any atom is -0.207 e. The first-order valence-corrected chi connectivity index (χ1v) is 3.38. The molecule has 5 heteroatoms. The third-order valence-corrected chi connectivity index (χ3v) is 2.01. The van der Waals surface area contributed by atoms with E-state index < -0.39 is 11.6 Å². The quantitative estimate of drug-likeness (QED) is 0.336. The van der Waals surface area contributed by atoms with Gasteiger partial charge >= 0.3 is 0 Å². The molecule has 0 atom stereocenters. The van der Waals surface area contributed by atoms with Gasteiger partial charge in [0.1, 0.15) is 19.5 Å². The first-order valence-electron chi connectivity index (χ1n) is 2.62. The Morgan fingerprint density at radius 1 is 1.09 bits per heavy atom.